The van der Waals surface area contributed by atoms with Crippen molar-refractivity contribution in [2.45, 2.75) is 25.6 Å². The maximum atomic E-state index is 10.2. The Balaban J connectivity index is 3.65. The van der Waals surface area contributed by atoms with Gasteiger partial charge in [-0.3, -0.25) is 0 Å². The smallest absolute Gasteiger partial charge is 0.404 e. The van der Waals surface area contributed by atoms with Gasteiger partial charge in [0.2, 0.25) is 0 Å². The second-order valence-electron chi connectivity index (χ2n) is 2.67. The molecule has 0 aliphatic carbocycles. The van der Waals surface area contributed by atoms with Gasteiger partial charge < -0.3 is 19.9 Å². The highest BCUT2D eigenvalue weighted by Crippen LogP contribution is 2.06. The molecule has 5 heteroatoms. The summed E-state index contributed by atoms with van der Waals surface area (Å²) in [7, 11) is 3.19. The summed E-state index contributed by atoms with van der Waals surface area (Å²) in [4.78, 5) is 10.2. The number of nitrogens with two attached hydrogens (primary N) is 1. The van der Waals surface area contributed by atoms with E-state index in [0.717, 1.165) is 0 Å². The lowest BCUT2D eigenvalue weighted by molar-refractivity contribution is -0.0368. The van der Waals surface area contributed by atoms with Crippen molar-refractivity contribution in [3.63, 3.8) is 0 Å². The fourth-order valence-corrected chi connectivity index (χ4v) is 0.972. The van der Waals surface area contributed by atoms with Crippen molar-refractivity contribution >= 4 is 6.09 Å². The number of carbonyl (C=O) groups excluding carboxylic acids is 1. The second kappa shape index (κ2) is 6.68. The summed E-state index contributed by atoms with van der Waals surface area (Å²) in [6.07, 6.45) is -0.292. The molecule has 1 amide bonds. The van der Waals surface area contributed by atoms with Crippen LogP contribution in [0.15, 0.2) is 0 Å². The van der Waals surface area contributed by atoms with E-state index in [1.165, 1.54) is 0 Å². The van der Waals surface area contributed by atoms with Crippen LogP contribution in [0.3, 0.4) is 0 Å². The second-order valence-corrected chi connectivity index (χ2v) is 2.67. The van der Waals surface area contributed by atoms with E-state index in [1.54, 1.807) is 14.2 Å². The molecule has 0 radical (unpaired) electrons. The number of ether oxygens (including phenoxy) is 3. The highest BCUT2D eigenvalue weighted by atomic mass is 16.6. The predicted octanol–water partition coefficient (Wildman–Crippen LogP) is 0.522. The van der Waals surface area contributed by atoms with Crippen LogP contribution < -0.4 is 5.73 Å². The average molecular weight is 191 g/mol. The van der Waals surface area contributed by atoms with Crippen LogP contribution in [-0.4, -0.2) is 39.1 Å². The van der Waals surface area contributed by atoms with E-state index in [-0.39, 0.29) is 18.8 Å². The van der Waals surface area contributed by atoms with Crippen LogP contribution >= 0.6 is 0 Å². The maximum absolute atomic E-state index is 10.2. The molecule has 2 unspecified atom stereocenters. The SMILES string of the molecule is COC(C)C(CCOC(N)=O)OC. The van der Waals surface area contributed by atoms with E-state index >= 15 is 0 Å². The quantitative estimate of drug-likeness (QED) is 0.664. The maximum Gasteiger partial charge on any atom is 0.404 e. The number of hydrogen-bond donors (Lipinski definition) is 1. The van der Waals surface area contributed by atoms with Gasteiger partial charge in [0.05, 0.1) is 18.8 Å². The lowest BCUT2D eigenvalue weighted by atomic mass is 10.2. The zero-order chi connectivity index (χ0) is 10.3. The third-order valence-corrected chi connectivity index (χ3v) is 1.84. The lowest BCUT2D eigenvalue weighted by Crippen LogP contribution is -2.29. The summed E-state index contributed by atoms with van der Waals surface area (Å²) in [5, 5.41) is 0. The minimum atomic E-state index is -0.764. The Morgan fingerprint density at radius 1 is 1.38 bits per heavy atom. The summed E-state index contributed by atoms with van der Waals surface area (Å²) >= 11 is 0. The molecule has 0 bridgehead atoms. The van der Waals surface area contributed by atoms with Gasteiger partial charge in [0, 0.05) is 20.6 Å². The Kier molecular flexibility index (Phi) is 6.26. The Morgan fingerprint density at radius 2 is 2.00 bits per heavy atom. The predicted molar refractivity (Wildman–Crippen MR) is 47.4 cm³/mol. The highest BCUT2D eigenvalue weighted by Gasteiger charge is 2.15. The molecular weight excluding hydrogens is 174 g/mol. The number of amides is 1. The molecule has 0 aromatic rings. The number of methoxy groups -OCH3 is 2. The molecule has 2 atom stereocenters. The van der Waals surface area contributed by atoms with Gasteiger partial charge in [-0.1, -0.05) is 0 Å². The Labute approximate surface area is 78.1 Å². The number of primary amides is 1. The fourth-order valence-electron chi connectivity index (χ4n) is 0.972. The zero-order valence-corrected chi connectivity index (χ0v) is 8.28. The zero-order valence-electron chi connectivity index (χ0n) is 8.28. The standard InChI is InChI=1S/C8H17NO4/c1-6(11-2)7(12-3)4-5-13-8(9)10/h6-7H,4-5H2,1-3H3,(H2,9,10). The molecule has 0 heterocycles. The molecule has 0 spiro atoms. The first kappa shape index (κ1) is 12.2. The van der Waals surface area contributed by atoms with E-state index in [2.05, 4.69) is 4.74 Å². The summed E-state index contributed by atoms with van der Waals surface area (Å²) in [6.45, 7) is 2.14. The lowest BCUT2D eigenvalue weighted by Gasteiger charge is -2.20. The van der Waals surface area contributed by atoms with Crippen molar-refractivity contribution in [3.05, 3.63) is 0 Å². The van der Waals surface area contributed by atoms with Crippen molar-refractivity contribution in [1.82, 2.24) is 0 Å². The monoisotopic (exact) mass is 191 g/mol. The van der Waals surface area contributed by atoms with Crippen LogP contribution in [0.1, 0.15) is 13.3 Å². The minimum Gasteiger partial charge on any atom is -0.450 e. The molecule has 0 aliphatic rings. The molecule has 0 fully saturated rings. The van der Waals surface area contributed by atoms with Crippen LogP contribution in [0.5, 0.6) is 0 Å². The minimum absolute atomic E-state index is 0.0264. The van der Waals surface area contributed by atoms with E-state index < -0.39 is 6.09 Å². The molecule has 78 valence electrons. The van der Waals surface area contributed by atoms with Gasteiger partial charge in [-0.15, -0.1) is 0 Å². The highest BCUT2D eigenvalue weighted by molar-refractivity contribution is 5.64. The first-order valence-electron chi connectivity index (χ1n) is 4.09. The molecule has 0 rings (SSSR count). The third kappa shape index (κ3) is 5.43. The van der Waals surface area contributed by atoms with Crippen LogP contribution in [0.2, 0.25) is 0 Å². The van der Waals surface area contributed by atoms with Crippen LogP contribution in [0, 0.1) is 0 Å². The third-order valence-electron chi connectivity index (χ3n) is 1.84. The van der Waals surface area contributed by atoms with Gasteiger partial charge >= 0.3 is 6.09 Å². The van der Waals surface area contributed by atoms with Gasteiger partial charge in [0.25, 0.3) is 0 Å². The van der Waals surface area contributed by atoms with Crippen LogP contribution in [0.25, 0.3) is 0 Å². The molecule has 0 saturated heterocycles. The van der Waals surface area contributed by atoms with Crippen molar-refractivity contribution < 1.29 is 19.0 Å². The normalized spacial score (nSPS) is 15.0. The summed E-state index contributed by atoms with van der Waals surface area (Å²) in [5.41, 5.74) is 4.80. The first-order valence-corrected chi connectivity index (χ1v) is 4.09. The molecule has 0 aliphatic heterocycles. The van der Waals surface area contributed by atoms with Crippen molar-refractivity contribution in [2.24, 2.45) is 5.73 Å². The van der Waals surface area contributed by atoms with Crippen molar-refractivity contribution in [3.8, 4) is 0 Å². The summed E-state index contributed by atoms with van der Waals surface area (Å²) < 4.78 is 14.8. The Bertz CT molecular complexity index is 151. The van der Waals surface area contributed by atoms with Gasteiger partial charge in [-0.2, -0.15) is 0 Å². The molecule has 0 saturated carbocycles. The van der Waals surface area contributed by atoms with Crippen LogP contribution in [0.4, 0.5) is 4.79 Å². The van der Waals surface area contributed by atoms with E-state index in [4.69, 9.17) is 15.2 Å². The van der Waals surface area contributed by atoms with Crippen molar-refractivity contribution in [2.75, 3.05) is 20.8 Å². The average Bonchev–Trinajstić information content (AvgIpc) is 2.11. The van der Waals surface area contributed by atoms with Gasteiger partial charge in [0.15, 0.2) is 0 Å². The van der Waals surface area contributed by atoms with Crippen molar-refractivity contribution in [1.29, 1.82) is 0 Å². The van der Waals surface area contributed by atoms with Gasteiger partial charge in [-0.05, 0) is 6.92 Å². The Morgan fingerprint density at radius 3 is 2.38 bits per heavy atom. The van der Waals surface area contributed by atoms with E-state index in [1.807, 2.05) is 6.92 Å². The molecule has 13 heavy (non-hydrogen) atoms. The summed E-state index contributed by atoms with van der Waals surface area (Å²) in [6, 6.07) is 0. The Hall–Kier alpha value is -0.810. The number of carbonyl (C=O) groups is 1. The fraction of sp³-hybridized carbons (Fsp3) is 0.875. The van der Waals surface area contributed by atoms with E-state index in [0.29, 0.717) is 6.42 Å². The largest absolute Gasteiger partial charge is 0.450 e. The number of hydrogen-bond acceptors (Lipinski definition) is 4. The molecule has 0 aromatic carbocycles. The van der Waals surface area contributed by atoms with E-state index in [9.17, 15) is 4.79 Å². The topological polar surface area (TPSA) is 70.8 Å². The molecular formula is C8H17NO4. The molecule has 0 aromatic heterocycles. The molecule has 5 nitrogen and oxygen atoms in total. The number of rotatable bonds is 6. The van der Waals surface area contributed by atoms with Crippen LogP contribution in [-0.2, 0) is 14.2 Å². The summed E-state index contributed by atoms with van der Waals surface area (Å²) in [5.74, 6) is 0. The van der Waals surface area contributed by atoms with Gasteiger partial charge in [-0.25, -0.2) is 4.79 Å². The molecule has 2 N–H and O–H groups in total. The first-order chi connectivity index (χ1) is 6.11. The van der Waals surface area contributed by atoms with Gasteiger partial charge in [0.1, 0.15) is 0 Å².